The maximum atomic E-state index is 13.3. The highest BCUT2D eigenvalue weighted by Gasteiger charge is 2.63. The van der Waals surface area contributed by atoms with Crippen molar-refractivity contribution < 1.29 is 33.3 Å². The van der Waals surface area contributed by atoms with Crippen LogP contribution >= 0.6 is 0 Å². The lowest BCUT2D eigenvalue weighted by Crippen LogP contribution is -2.54. The molecule has 3 aromatic carbocycles. The van der Waals surface area contributed by atoms with Crippen LogP contribution in [0.3, 0.4) is 0 Å². The van der Waals surface area contributed by atoms with Gasteiger partial charge in [-0.15, -0.1) is 0 Å². The Labute approximate surface area is 242 Å². The lowest BCUT2D eigenvalue weighted by Gasteiger charge is -2.28. The third kappa shape index (κ3) is 5.95. The topological polar surface area (TPSA) is 180 Å². The number of carbonyl (C=O) groups is 3. The number of ether oxygens (including phenoxy) is 4. The monoisotopic (exact) mass is 582 g/mol. The van der Waals surface area contributed by atoms with Gasteiger partial charge in [-0.25, -0.2) is 19.2 Å². The molecule has 1 aromatic heterocycles. The SMILES string of the molecule is N#C[C@@]1(n2ncc(=O)[nH]c2=O)O[C@H](COC(=O)c2ccccc2)[C@@H](OC(=O)c2ccccc2)[C@H]1OC(=O)c1ccccc1. The molecule has 43 heavy (non-hydrogen) atoms. The molecule has 1 aliphatic heterocycles. The van der Waals surface area contributed by atoms with Gasteiger partial charge in [-0.1, -0.05) is 54.6 Å². The van der Waals surface area contributed by atoms with Crippen molar-refractivity contribution in [3.05, 3.63) is 135 Å². The molecule has 1 N–H and O–H groups in total. The van der Waals surface area contributed by atoms with Gasteiger partial charge in [0.2, 0.25) is 6.10 Å². The molecule has 5 rings (SSSR count). The van der Waals surface area contributed by atoms with E-state index in [1.807, 2.05) is 4.98 Å². The van der Waals surface area contributed by atoms with Crippen LogP contribution in [0.1, 0.15) is 31.1 Å². The molecule has 13 heteroatoms. The Balaban J connectivity index is 1.58. The second-order valence-corrected chi connectivity index (χ2v) is 9.21. The first-order valence-corrected chi connectivity index (χ1v) is 12.8. The number of esters is 3. The highest BCUT2D eigenvalue weighted by Crippen LogP contribution is 2.39. The first kappa shape index (κ1) is 28.7. The van der Waals surface area contributed by atoms with Crippen molar-refractivity contribution in [2.75, 3.05) is 6.61 Å². The van der Waals surface area contributed by atoms with Gasteiger partial charge < -0.3 is 18.9 Å². The molecule has 1 fully saturated rings. The van der Waals surface area contributed by atoms with E-state index in [0.717, 1.165) is 0 Å². The van der Waals surface area contributed by atoms with Crippen molar-refractivity contribution >= 4 is 17.9 Å². The quantitative estimate of drug-likeness (QED) is 0.236. The zero-order valence-corrected chi connectivity index (χ0v) is 22.2. The van der Waals surface area contributed by atoms with Crippen LogP contribution < -0.4 is 11.2 Å². The number of nitrogens with one attached hydrogen (secondary N) is 1. The van der Waals surface area contributed by atoms with Crippen LogP contribution in [-0.2, 0) is 24.7 Å². The summed E-state index contributed by atoms with van der Waals surface area (Å²) in [7, 11) is 0. The van der Waals surface area contributed by atoms with E-state index in [0.29, 0.717) is 10.9 Å². The summed E-state index contributed by atoms with van der Waals surface area (Å²) in [6, 6.07) is 25.3. The summed E-state index contributed by atoms with van der Waals surface area (Å²) in [6.45, 7) is -0.596. The van der Waals surface area contributed by atoms with Gasteiger partial charge in [-0.05, 0) is 36.4 Å². The Morgan fingerprint density at radius 3 is 1.86 bits per heavy atom. The van der Waals surface area contributed by atoms with E-state index < -0.39 is 59.8 Å². The summed E-state index contributed by atoms with van der Waals surface area (Å²) in [4.78, 5) is 65.8. The van der Waals surface area contributed by atoms with Crippen LogP contribution in [0.15, 0.2) is 107 Å². The normalized spacial score (nSPS) is 20.9. The number of rotatable bonds is 8. The Kier molecular flexibility index (Phi) is 8.22. The van der Waals surface area contributed by atoms with Gasteiger partial charge in [-0.2, -0.15) is 15.0 Å². The van der Waals surface area contributed by atoms with Crippen LogP contribution in [0.2, 0.25) is 0 Å². The predicted octanol–water partition coefficient (Wildman–Crippen LogP) is 1.81. The molecule has 0 saturated carbocycles. The van der Waals surface area contributed by atoms with Crippen molar-refractivity contribution in [3.8, 4) is 6.07 Å². The summed E-state index contributed by atoms with van der Waals surface area (Å²) in [5.74, 6) is -2.59. The third-order valence-electron chi connectivity index (χ3n) is 6.45. The minimum absolute atomic E-state index is 0.0724. The van der Waals surface area contributed by atoms with E-state index in [-0.39, 0.29) is 16.7 Å². The molecule has 4 aromatic rings. The molecule has 2 heterocycles. The summed E-state index contributed by atoms with van der Waals surface area (Å²) in [6.07, 6.45) is -4.18. The second-order valence-electron chi connectivity index (χ2n) is 9.21. The Morgan fingerprint density at radius 2 is 1.35 bits per heavy atom. The van der Waals surface area contributed by atoms with Gasteiger partial charge in [-0.3, -0.25) is 9.78 Å². The molecule has 1 saturated heterocycles. The number of aromatic amines is 1. The molecule has 0 spiro atoms. The van der Waals surface area contributed by atoms with Gasteiger partial charge in [0.15, 0.2) is 6.10 Å². The minimum atomic E-state index is -2.57. The van der Waals surface area contributed by atoms with E-state index in [4.69, 9.17) is 18.9 Å². The lowest BCUT2D eigenvalue weighted by atomic mass is 10.0. The molecule has 4 atom stereocenters. The Morgan fingerprint density at radius 1 is 0.837 bits per heavy atom. The average Bonchev–Trinajstić information content (AvgIpc) is 3.33. The number of nitrogens with zero attached hydrogens (tertiary/aromatic N) is 3. The van der Waals surface area contributed by atoms with Gasteiger partial charge in [0.05, 0.1) is 16.7 Å². The fourth-order valence-electron chi connectivity index (χ4n) is 4.43. The lowest BCUT2D eigenvalue weighted by molar-refractivity contribution is -0.121. The van der Waals surface area contributed by atoms with Crippen LogP contribution in [0.5, 0.6) is 0 Å². The van der Waals surface area contributed by atoms with Crippen molar-refractivity contribution in [1.29, 1.82) is 5.26 Å². The Hall–Kier alpha value is -5.87. The first-order valence-electron chi connectivity index (χ1n) is 12.8. The summed E-state index contributed by atoms with van der Waals surface area (Å²) < 4.78 is 23.3. The molecule has 0 aliphatic carbocycles. The molecule has 0 radical (unpaired) electrons. The van der Waals surface area contributed by atoms with Gasteiger partial charge in [0.1, 0.15) is 25.0 Å². The van der Waals surface area contributed by atoms with E-state index in [1.54, 1.807) is 60.7 Å². The second kappa shape index (κ2) is 12.3. The minimum Gasteiger partial charge on any atom is -0.459 e. The molecule has 216 valence electrons. The zero-order chi connectivity index (χ0) is 30.4. The summed E-state index contributed by atoms with van der Waals surface area (Å²) in [5, 5.41) is 14.2. The maximum absolute atomic E-state index is 13.3. The fraction of sp³-hybridized carbons (Fsp3) is 0.167. The largest absolute Gasteiger partial charge is 0.459 e. The molecule has 0 amide bonds. The standard InChI is InChI=1S/C30H22N4O9/c31-18-30(34-29(39)33-23(35)16-32-34)25(42-28(38)21-14-8-3-9-15-21)24(41-27(37)20-12-6-2-7-13-20)22(43-30)17-40-26(36)19-10-4-1-5-11-19/h1-16,22,24-25H,17H2,(H,33,35,39)/t22-,24-,25-,30-/m1/s1. The van der Waals surface area contributed by atoms with Crippen molar-refractivity contribution in [2.24, 2.45) is 0 Å². The zero-order valence-electron chi connectivity index (χ0n) is 22.2. The average molecular weight is 583 g/mol. The number of carbonyl (C=O) groups excluding carboxylic acids is 3. The third-order valence-corrected chi connectivity index (χ3v) is 6.45. The molecule has 0 bridgehead atoms. The molecular formula is C30H22N4O9. The van der Waals surface area contributed by atoms with Crippen LogP contribution in [0, 0.1) is 11.3 Å². The highest BCUT2D eigenvalue weighted by atomic mass is 16.7. The number of nitriles is 1. The van der Waals surface area contributed by atoms with Gasteiger partial charge in [0.25, 0.3) is 11.3 Å². The summed E-state index contributed by atoms with van der Waals surface area (Å²) >= 11 is 0. The van der Waals surface area contributed by atoms with E-state index in [1.165, 1.54) is 36.4 Å². The van der Waals surface area contributed by atoms with E-state index >= 15 is 0 Å². The number of aromatic nitrogens is 3. The van der Waals surface area contributed by atoms with E-state index in [2.05, 4.69) is 5.10 Å². The number of benzene rings is 3. The van der Waals surface area contributed by atoms with Crippen LogP contribution in [0.25, 0.3) is 0 Å². The summed E-state index contributed by atoms with van der Waals surface area (Å²) in [5.41, 5.74) is -4.23. The van der Waals surface area contributed by atoms with Gasteiger partial charge in [0, 0.05) is 0 Å². The number of hydrogen-bond acceptors (Lipinski definition) is 11. The first-order chi connectivity index (χ1) is 20.8. The van der Waals surface area contributed by atoms with E-state index in [9.17, 15) is 29.2 Å². The Bertz CT molecular complexity index is 1790. The molecular weight excluding hydrogens is 560 g/mol. The number of hydrogen-bond donors (Lipinski definition) is 1. The molecule has 1 aliphatic rings. The fourth-order valence-corrected chi connectivity index (χ4v) is 4.43. The highest BCUT2D eigenvalue weighted by molar-refractivity contribution is 5.91. The van der Waals surface area contributed by atoms with Crippen molar-refractivity contribution in [2.45, 2.75) is 24.0 Å². The van der Waals surface area contributed by atoms with Crippen molar-refractivity contribution in [1.82, 2.24) is 14.8 Å². The predicted molar refractivity (Wildman–Crippen MR) is 146 cm³/mol. The maximum Gasteiger partial charge on any atom is 0.348 e. The van der Waals surface area contributed by atoms with Crippen molar-refractivity contribution in [3.63, 3.8) is 0 Å². The smallest absolute Gasteiger partial charge is 0.348 e. The van der Waals surface area contributed by atoms with Crippen LogP contribution in [-0.4, -0.2) is 57.6 Å². The molecule has 13 nitrogen and oxygen atoms in total. The van der Waals surface area contributed by atoms with Crippen LogP contribution in [0.4, 0.5) is 0 Å². The molecule has 0 unspecified atom stereocenters. The van der Waals surface area contributed by atoms with Gasteiger partial charge >= 0.3 is 23.6 Å². The number of H-pyrrole nitrogens is 1.